The molecule has 0 saturated heterocycles. The number of rotatable bonds is 4. The molecule has 2 unspecified atom stereocenters. The van der Waals surface area contributed by atoms with Gasteiger partial charge in [0.05, 0.1) is 5.92 Å². The van der Waals surface area contributed by atoms with E-state index in [4.69, 9.17) is 5.11 Å². The Balaban J connectivity index is 2.94. The zero-order chi connectivity index (χ0) is 14.7. The Morgan fingerprint density at radius 1 is 1.16 bits per heavy atom. The number of hydrogen-bond acceptors (Lipinski definition) is 2. The van der Waals surface area contributed by atoms with Crippen molar-refractivity contribution in [1.82, 2.24) is 5.32 Å². The van der Waals surface area contributed by atoms with Crippen LogP contribution in [0.15, 0.2) is 12.1 Å². The van der Waals surface area contributed by atoms with E-state index in [-0.39, 0.29) is 0 Å². The van der Waals surface area contributed by atoms with Crippen LogP contribution in [0, 0.1) is 23.4 Å². The topological polar surface area (TPSA) is 66.4 Å². The summed E-state index contributed by atoms with van der Waals surface area (Å²) in [5, 5.41) is 10.9. The van der Waals surface area contributed by atoms with Crippen LogP contribution >= 0.6 is 0 Å². The third-order valence-electron chi connectivity index (χ3n) is 2.73. The van der Waals surface area contributed by atoms with Crippen molar-refractivity contribution in [2.45, 2.75) is 19.9 Å². The summed E-state index contributed by atoms with van der Waals surface area (Å²) >= 11 is 0. The molecule has 1 aromatic carbocycles. The largest absolute Gasteiger partial charge is 0.481 e. The Labute approximate surface area is 107 Å². The van der Waals surface area contributed by atoms with Crippen molar-refractivity contribution in [1.29, 1.82) is 0 Å². The molecular weight excluding hydrogens is 263 g/mol. The monoisotopic (exact) mass is 275 g/mol. The van der Waals surface area contributed by atoms with Crippen molar-refractivity contribution in [3.8, 4) is 0 Å². The van der Waals surface area contributed by atoms with Crippen LogP contribution in [0.5, 0.6) is 0 Å². The van der Waals surface area contributed by atoms with Gasteiger partial charge in [0.1, 0.15) is 23.0 Å². The number of halogens is 3. The lowest BCUT2D eigenvalue weighted by Gasteiger charge is -2.18. The van der Waals surface area contributed by atoms with E-state index in [1.165, 1.54) is 13.8 Å². The number of hydrogen-bond donors (Lipinski definition) is 2. The first-order valence-corrected chi connectivity index (χ1v) is 5.42. The first-order valence-electron chi connectivity index (χ1n) is 5.42. The van der Waals surface area contributed by atoms with Gasteiger partial charge in [-0.1, -0.05) is 0 Å². The zero-order valence-corrected chi connectivity index (χ0v) is 10.2. The van der Waals surface area contributed by atoms with Gasteiger partial charge in [0.25, 0.3) is 5.91 Å². The van der Waals surface area contributed by atoms with Gasteiger partial charge in [-0.05, 0) is 13.8 Å². The van der Waals surface area contributed by atoms with Crippen molar-refractivity contribution >= 4 is 11.9 Å². The molecule has 0 radical (unpaired) electrons. The van der Waals surface area contributed by atoms with Gasteiger partial charge in [-0.3, -0.25) is 9.59 Å². The average Bonchev–Trinajstić information content (AvgIpc) is 2.25. The van der Waals surface area contributed by atoms with Crippen molar-refractivity contribution in [3.63, 3.8) is 0 Å². The molecule has 0 heterocycles. The highest BCUT2D eigenvalue weighted by molar-refractivity contribution is 5.95. The number of benzene rings is 1. The zero-order valence-electron chi connectivity index (χ0n) is 10.2. The van der Waals surface area contributed by atoms with E-state index in [0.29, 0.717) is 12.1 Å². The van der Waals surface area contributed by atoms with E-state index in [9.17, 15) is 22.8 Å². The summed E-state index contributed by atoms with van der Waals surface area (Å²) in [6, 6.07) is -0.0825. The Bertz CT molecular complexity index is 496. The van der Waals surface area contributed by atoms with E-state index in [1.807, 2.05) is 0 Å². The van der Waals surface area contributed by atoms with Gasteiger partial charge in [0.15, 0.2) is 0 Å². The van der Waals surface area contributed by atoms with E-state index in [0.717, 1.165) is 0 Å². The van der Waals surface area contributed by atoms with E-state index < -0.39 is 46.9 Å². The number of carboxylic acid groups (broad SMARTS) is 1. The first kappa shape index (κ1) is 15.0. The predicted octanol–water partition coefficient (Wildman–Crippen LogP) is 1.94. The fourth-order valence-corrected chi connectivity index (χ4v) is 1.38. The maximum atomic E-state index is 13.3. The second-order valence-electron chi connectivity index (χ2n) is 4.13. The summed E-state index contributed by atoms with van der Waals surface area (Å²) in [6.45, 7) is 2.72. The Hall–Kier alpha value is -2.05. The summed E-state index contributed by atoms with van der Waals surface area (Å²) in [5.74, 6) is -7.05. The molecule has 2 N–H and O–H groups in total. The standard InChI is InChI=1S/C12H12F3NO3/c1-5(12(18)19)6(2)16-11(17)10-8(14)3-7(13)4-9(10)15/h3-6H,1-2H3,(H,16,17)(H,18,19). The molecule has 19 heavy (non-hydrogen) atoms. The summed E-state index contributed by atoms with van der Waals surface area (Å²) in [6.07, 6.45) is 0. The molecule has 0 bridgehead atoms. The minimum atomic E-state index is -1.34. The number of aliphatic carboxylic acids is 1. The maximum Gasteiger partial charge on any atom is 0.308 e. The van der Waals surface area contributed by atoms with Crippen LogP contribution in [-0.4, -0.2) is 23.0 Å². The van der Waals surface area contributed by atoms with Crippen LogP contribution in [0.25, 0.3) is 0 Å². The van der Waals surface area contributed by atoms with Crippen LogP contribution in [-0.2, 0) is 4.79 Å². The van der Waals surface area contributed by atoms with Crippen molar-refractivity contribution in [2.24, 2.45) is 5.92 Å². The minimum absolute atomic E-state index is 0.378. The number of carbonyl (C=O) groups excluding carboxylic acids is 1. The van der Waals surface area contributed by atoms with Crippen LogP contribution < -0.4 is 5.32 Å². The fourth-order valence-electron chi connectivity index (χ4n) is 1.38. The van der Waals surface area contributed by atoms with Gasteiger partial charge < -0.3 is 10.4 Å². The summed E-state index contributed by atoms with van der Waals surface area (Å²) < 4.78 is 39.3. The van der Waals surface area contributed by atoms with E-state index in [1.54, 1.807) is 0 Å². The fraction of sp³-hybridized carbons (Fsp3) is 0.333. The molecule has 1 rings (SSSR count). The highest BCUT2D eigenvalue weighted by Gasteiger charge is 2.25. The Morgan fingerprint density at radius 2 is 1.63 bits per heavy atom. The highest BCUT2D eigenvalue weighted by Crippen LogP contribution is 2.15. The molecule has 0 aliphatic heterocycles. The molecule has 7 heteroatoms. The lowest BCUT2D eigenvalue weighted by Crippen LogP contribution is -2.40. The van der Waals surface area contributed by atoms with Gasteiger partial charge in [-0.15, -0.1) is 0 Å². The Kier molecular flexibility index (Phi) is 4.52. The van der Waals surface area contributed by atoms with Crippen LogP contribution in [0.1, 0.15) is 24.2 Å². The van der Waals surface area contributed by atoms with Gasteiger partial charge in [-0.25, -0.2) is 13.2 Å². The van der Waals surface area contributed by atoms with Gasteiger partial charge in [-0.2, -0.15) is 0 Å². The molecular formula is C12H12F3NO3. The maximum absolute atomic E-state index is 13.3. The molecule has 0 aliphatic rings. The van der Waals surface area contributed by atoms with Crippen molar-refractivity contribution in [3.05, 3.63) is 35.1 Å². The molecule has 4 nitrogen and oxygen atoms in total. The predicted molar refractivity (Wildman–Crippen MR) is 60.0 cm³/mol. The Morgan fingerprint density at radius 3 is 2.05 bits per heavy atom. The molecule has 1 amide bonds. The first-order chi connectivity index (χ1) is 8.73. The molecule has 1 aromatic rings. The molecule has 104 valence electrons. The lowest BCUT2D eigenvalue weighted by molar-refractivity contribution is -0.141. The number of amides is 1. The SMILES string of the molecule is CC(NC(=O)c1c(F)cc(F)cc1F)C(C)C(=O)O. The average molecular weight is 275 g/mol. The van der Waals surface area contributed by atoms with Crippen LogP contribution in [0.2, 0.25) is 0 Å². The molecule has 0 saturated carbocycles. The molecule has 2 atom stereocenters. The van der Waals surface area contributed by atoms with Gasteiger partial charge in [0.2, 0.25) is 0 Å². The second kappa shape index (κ2) is 5.73. The van der Waals surface area contributed by atoms with E-state index >= 15 is 0 Å². The number of carboxylic acids is 1. The summed E-state index contributed by atoms with van der Waals surface area (Å²) in [5.41, 5.74) is -0.939. The van der Waals surface area contributed by atoms with Crippen molar-refractivity contribution < 1.29 is 27.9 Å². The number of carbonyl (C=O) groups is 2. The summed E-state index contributed by atoms with van der Waals surface area (Å²) in [7, 11) is 0. The number of nitrogens with one attached hydrogen (secondary N) is 1. The summed E-state index contributed by atoms with van der Waals surface area (Å²) in [4.78, 5) is 22.3. The lowest BCUT2D eigenvalue weighted by atomic mass is 10.0. The molecule has 0 fully saturated rings. The van der Waals surface area contributed by atoms with E-state index in [2.05, 4.69) is 5.32 Å². The third kappa shape index (κ3) is 3.46. The molecule has 0 aliphatic carbocycles. The molecule has 0 aromatic heterocycles. The normalized spacial score (nSPS) is 13.7. The third-order valence-corrected chi connectivity index (χ3v) is 2.73. The van der Waals surface area contributed by atoms with Gasteiger partial charge in [0, 0.05) is 18.2 Å². The smallest absolute Gasteiger partial charge is 0.308 e. The van der Waals surface area contributed by atoms with Gasteiger partial charge >= 0.3 is 5.97 Å². The van der Waals surface area contributed by atoms with Crippen LogP contribution in [0.3, 0.4) is 0 Å². The van der Waals surface area contributed by atoms with Crippen molar-refractivity contribution in [2.75, 3.05) is 0 Å². The quantitative estimate of drug-likeness (QED) is 0.882. The molecule has 0 spiro atoms. The minimum Gasteiger partial charge on any atom is -0.481 e. The second-order valence-corrected chi connectivity index (χ2v) is 4.13. The van der Waals surface area contributed by atoms with Crippen LogP contribution in [0.4, 0.5) is 13.2 Å². The highest BCUT2D eigenvalue weighted by atomic mass is 19.1.